The third-order valence-electron chi connectivity index (χ3n) is 4.11. The van der Waals surface area contributed by atoms with Crippen LogP contribution in [0.4, 0.5) is 0 Å². The summed E-state index contributed by atoms with van der Waals surface area (Å²) in [6.07, 6.45) is 1.90. The molecule has 0 unspecified atom stereocenters. The highest BCUT2D eigenvalue weighted by molar-refractivity contribution is 7.89. The SMILES string of the molecule is Cc1ccc(S(=O)(=O)N2CCC[C@@H]([C@@H](C)N)C2)c(C)c1. The van der Waals surface area contributed by atoms with E-state index in [0.717, 1.165) is 24.0 Å². The molecule has 0 radical (unpaired) electrons. The van der Waals surface area contributed by atoms with Gasteiger partial charge in [-0.1, -0.05) is 17.7 Å². The van der Waals surface area contributed by atoms with Crippen LogP contribution in [0.1, 0.15) is 30.9 Å². The lowest BCUT2D eigenvalue weighted by atomic mass is 9.93. The van der Waals surface area contributed by atoms with Crippen molar-refractivity contribution in [3.05, 3.63) is 29.3 Å². The Labute approximate surface area is 122 Å². The predicted molar refractivity (Wildman–Crippen MR) is 81.0 cm³/mol. The molecule has 2 rings (SSSR count). The maximum atomic E-state index is 12.8. The first-order valence-electron chi connectivity index (χ1n) is 7.15. The average molecular weight is 296 g/mol. The number of aryl methyl sites for hydroxylation is 2. The van der Waals surface area contributed by atoms with Gasteiger partial charge in [-0.2, -0.15) is 4.31 Å². The first-order chi connectivity index (χ1) is 9.32. The van der Waals surface area contributed by atoms with E-state index in [-0.39, 0.29) is 12.0 Å². The van der Waals surface area contributed by atoms with E-state index >= 15 is 0 Å². The molecule has 0 aromatic heterocycles. The molecule has 1 aromatic carbocycles. The van der Waals surface area contributed by atoms with Crippen LogP contribution in [0, 0.1) is 19.8 Å². The fourth-order valence-corrected chi connectivity index (χ4v) is 4.59. The second-order valence-corrected chi connectivity index (χ2v) is 7.80. The Bertz CT molecular complexity index is 582. The number of rotatable bonds is 3. The summed E-state index contributed by atoms with van der Waals surface area (Å²) in [6.45, 7) is 6.91. The molecular formula is C15H24N2O2S. The highest BCUT2D eigenvalue weighted by atomic mass is 32.2. The molecule has 0 amide bonds. The Morgan fingerprint density at radius 3 is 2.65 bits per heavy atom. The van der Waals surface area contributed by atoms with E-state index in [4.69, 9.17) is 5.73 Å². The monoisotopic (exact) mass is 296 g/mol. The normalized spacial score (nSPS) is 22.7. The Hall–Kier alpha value is -0.910. The summed E-state index contributed by atoms with van der Waals surface area (Å²) in [4.78, 5) is 0.424. The van der Waals surface area contributed by atoms with Gasteiger partial charge in [-0.05, 0) is 51.2 Å². The van der Waals surface area contributed by atoms with Crippen LogP contribution in [-0.4, -0.2) is 31.9 Å². The summed E-state index contributed by atoms with van der Waals surface area (Å²) in [5.41, 5.74) is 7.83. The average Bonchev–Trinajstić information content (AvgIpc) is 2.38. The van der Waals surface area contributed by atoms with E-state index in [1.807, 2.05) is 32.9 Å². The summed E-state index contributed by atoms with van der Waals surface area (Å²) in [7, 11) is -3.40. The van der Waals surface area contributed by atoms with Gasteiger partial charge in [0.1, 0.15) is 0 Å². The molecule has 0 bridgehead atoms. The van der Waals surface area contributed by atoms with Gasteiger partial charge in [0.15, 0.2) is 0 Å². The van der Waals surface area contributed by atoms with Crippen molar-refractivity contribution in [1.82, 2.24) is 4.31 Å². The Morgan fingerprint density at radius 1 is 1.35 bits per heavy atom. The van der Waals surface area contributed by atoms with Crippen molar-refractivity contribution in [1.29, 1.82) is 0 Å². The van der Waals surface area contributed by atoms with Gasteiger partial charge in [-0.3, -0.25) is 0 Å². The minimum Gasteiger partial charge on any atom is -0.328 e. The molecular weight excluding hydrogens is 272 g/mol. The third kappa shape index (κ3) is 3.05. The summed E-state index contributed by atoms with van der Waals surface area (Å²) in [5.74, 6) is 0.254. The van der Waals surface area contributed by atoms with Crippen molar-refractivity contribution >= 4 is 10.0 Å². The maximum absolute atomic E-state index is 12.8. The molecule has 2 atom stereocenters. The van der Waals surface area contributed by atoms with Crippen molar-refractivity contribution in [3.63, 3.8) is 0 Å². The first kappa shape index (κ1) is 15.5. The number of nitrogens with two attached hydrogens (primary N) is 1. The van der Waals surface area contributed by atoms with E-state index < -0.39 is 10.0 Å². The van der Waals surface area contributed by atoms with E-state index in [2.05, 4.69) is 0 Å². The zero-order chi connectivity index (χ0) is 14.9. The molecule has 1 fully saturated rings. The van der Waals surface area contributed by atoms with Gasteiger partial charge in [-0.25, -0.2) is 8.42 Å². The van der Waals surface area contributed by atoms with Gasteiger partial charge in [0.2, 0.25) is 10.0 Å². The molecule has 0 saturated carbocycles. The summed E-state index contributed by atoms with van der Waals surface area (Å²) in [6, 6.07) is 5.52. The van der Waals surface area contributed by atoms with Crippen molar-refractivity contribution in [3.8, 4) is 0 Å². The highest BCUT2D eigenvalue weighted by Crippen LogP contribution is 2.27. The van der Waals surface area contributed by atoms with Gasteiger partial charge in [0.05, 0.1) is 4.90 Å². The Kier molecular flexibility index (Phi) is 4.52. The molecule has 5 heteroatoms. The largest absolute Gasteiger partial charge is 0.328 e. The van der Waals surface area contributed by atoms with Crippen LogP contribution in [-0.2, 0) is 10.0 Å². The zero-order valence-electron chi connectivity index (χ0n) is 12.5. The molecule has 0 aliphatic carbocycles. The molecule has 1 aromatic rings. The number of sulfonamides is 1. The van der Waals surface area contributed by atoms with Crippen LogP contribution in [0.2, 0.25) is 0 Å². The summed E-state index contributed by atoms with van der Waals surface area (Å²) < 4.78 is 27.1. The Morgan fingerprint density at radius 2 is 2.05 bits per heavy atom. The van der Waals surface area contributed by atoms with E-state index in [1.54, 1.807) is 10.4 Å². The predicted octanol–water partition coefficient (Wildman–Crippen LogP) is 2.05. The van der Waals surface area contributed by atoms with Crippen molar-refractivity contribution in [2.45, 2.75) is 44.6 Å². The van der Waals surface area contributed by atoms with Crippen LogP contribution in [0.5, 0.6) is 0 Å². The van der Waals surface area contributed by atoms with Crippen molar-refractivity contribution in [2.75, 3.05) is 13.1 Å². The van der Waals surface area contributed by atoms with Crippen LogP contribution < -0.4 is 5.73 Å². The molecule has 1 aliphatic rings. The van der Waals surface area contributed by atoms with Gasteiger partial charge in [-0.15, -0.1) is 0 Å². The van der Waals surface area contributed by atoms with Crippen LogP contribution in [0.15, 0.2) is 23.1 Å². The van der Waals surface area contributed by atoms with E-state index in [9.17, 15) is 8.42 Å². The topological polar surface area (TPSA) is 63.4 Å². The standard InChI is InChI=1S/C15H24N2O2S/c1-11-6-7-15(12(2)9-11)20(18,19)17-8-4-5-14(10-17)13(3)16/h6-7,9,13-14H,4-5,8,10,16H2,1-3H3/t13-,14-/m1/s1. The summed E-state index contributed by atoms with van der Waals surface area (Å²) in [5, 5.41) is 0. The van der Waals surface area contributed by atoms with Crippen molar-refractivity contribution < 1.29 is 8.42 Å². The number of hydrogen-bond acceptors (Lipinski definition) is 3. The minimum atomic E-state index is -3.40. The molecule has 2 N–H and O–H groups in total. The van der Waals surface area contributed by atoms with Gasteiger partial charge < -0.3 is 5.73 Å². The van der Waals surface area contributed by atoms with Gasteiger partial charge >= 0.3 is 0 Å². The lowest BCUT2D eigenvalue weighted by molar-refractivity contribution is 0.243. The lowest BCUT2D eigenvalue weighted by Gasteiger charge is -2.34. The molecule has 4 nitrogen and oxygen atoms in total. The Balaban J connectivity index is 2.30. The van der Waals surface area contributed by atoms with Gasteiger partial charge in [0, 0.05) is 19.1 Å². The van der Waals surface area contributed by atoms with E-state index in [1.165, 1.54) is 0 Å². The molecule has 1 saturated heterocycles. The number of piperidine rings is 1. The minimum absolute atomic E-state index is 0.0344. The van der Waals surface area contributed by atoms with Crippen LogP contribution in [0.3, 0.4) is 0 Å². The fourth-order valence-electron chi connectivity index (χ4n) is 2.85. The number of nitrogens with zero attached hydrogens (tertiary/aromatic N) is 1. The van der Waals surface area contributed by atoms with Crippen molar-refractivity contribution in [2.24, 2.45) is 11.7 Å². The fraction of sp³-hybridized carbons (Fsp3) is 0.600. The lowest BCUT2D eigenvalue weighted by Crippen LogP contribution is -2.45. The molecule has 112 valence electrons. The highest BCUT2D eigenvalue weighted by Gasteiger charge is 2.32. The molecule has 20 heavy (non-hydrogen) atoms. The number of hydrogen-bond donors (Lipinski definition) is 1. The first-order valence-corrected chi connectivity index (χ1v) is 8.59. The molecule has 1 heterocycles. The third-order valence-corrected chi connectivity index (χ3v) is 6.14. The van der Waals surface area contributed by atoms with Crippen LogP contribution in [0.25, 0.3) is 0 Å². The maximum Gasteiger partial charge on any atom is 0.243 e. The summed E-state index contributed by atoms with van der Waals surface area (Å²) >= 11 is 0. The zero-order valence-corrected chi connectivity index (χ0v) is 13.3. The second-order valence-electron chi connectivity index (χ2n) is 5.89. The van der Waals surface area contributed by atoms with Crippen LogP contribution >= 0.6 is 0 Å². The quantitative estimate of drug-likeness (QED) is 0.928. The van der Waals surface area contributed by atoms with Gasteiger partial charge in [0.25, 0.3) is 0 Å². The smallest absolute Gasteiger partial charge is 0.243 e. The second kappa shape index (κ2) is 5.84. The number of benzene rings is 1. The van der Waals surface area contributed by atoms with E-state index in [0.29, 0.717) is 18.0 Å². The molecule has 0 spiro atoms. The molecule has 1 aliphatic heterocycles.